The van der Waals surface area contributed by atoms with E-state index in [1.165, 1.54) is 31.2 Å². The van der Waals surface area contributed by atoms with E-state index in [0.29, 0.717) is 6.04 Å². The van der Waals surface area contributed by atoms with Crippen LogP contribution in [-0.4, -0.2) is 56.4 Å². The Hall–Kier alpha value is -1.86. The van der Waals surface area contributed by atoms with Gasteiger partial charge in [0.2, 0.25) is 0 Å². The van der Waals surface area contributed by atoms with Crippen LogP contribution in [0.1, 0.15) is 49.2 Å². The molecule has 2 aromatic rings. The van der Waals surface area contributed by atoms with Crippen LogP contribution in [0, 0.1) is 0 Å². The van der Waals surface area contributed by atoms with Gasteiger partial charge in [0, 0.05) is 25.5 Å². The van der Waals surface area contributed by atoms with Gasteiger partial charge in [0.25, 0.3) is 0 Å². The maximum atomic E-state index is 5.52. The Balaban J connectivity index is 1.71. The van der Waals surface area contributed by atoms with Crippen molar-refractivity contribution in [1.29, 1.82) is 0 Å². The van der Waals surface area contributed by atoms with Crippen LogP contribution < -0.4 is 0 Å². The molecule has 23 heavy (non-hydrogen) atoms. The first-order valence-electron chi connectivity index (χ1n) is 8.43. The second kappa shape index (κ2) is 6.72. The van der Waals surface area contributed by atoms with Crippen molar-refractivity contribution in [3.8, 4) is 0 Å². The molecule has 3 heterocycles. The lowest BCUT2D eigenvalue weighted by atomic mass is 10.0. The van der Waals surface area contributed by atoms with E-state index in [-0.39, 0.29) is 6.04 Å². The van der Waals surface area contributed by atoms with Crippen LogP contribution >= 0.6 is 0 Å². The number of aromatic nitrogens is 5. The minimum atomic E-state index is 0.0671. The molecule has 0 bridgehead atoms. The molecular weight excluding hydrogens is 292 g/mol. The van der Waals surface area contributed by atoms with Crippen molar-refractivity contribution in [3.05, 3.63) is 35.9 Å². The Morgan fingerprint density at radius 3 is 2.57 bits per heavy atom. The third-order valence-electron chi connectivity index (χ3n) is 4.87. The minimum absolute atomic E-state index is 0.0671. The minimum Gasteiger partial charge on any atom is -0.379 e. The van der Waals surface area contributed by atoms with Crippen LogP contribution in [0.15, 0.2) is 24.5 Å². The molecule has 1 aliphatic carbocycles. The second-order valence-corrected chi connectivity index (χ2v) is 6.25. The lowest BCUT2D eigenvalue weighted by Crippen LogP contribution is -2.40. The zero-order chi connectivity index (χ0) is 15.5. The highest BCUT2D eigenvalue weighted by atomic mass is 16.5. The highest BCUT2D eigenvalue weighted by Gasteiger charge is 2.31. The molecule has 1 saturated carbocycles. The Morgan fingerprint density at radius 1 is 1.09 bits per heavy atom. The number of rotatable bonds is 4. The van der Waals surface area contributed by atoms with Gasteiger partial charge in [-0.2, -0.15) is 0 Å². The smallest absolute Gasteiger partial charge is 0.173 e. The lowest BCUT2D eigenvalue weighted by molar-refractivity contribution is 0.0213. The normalized spacial score (nSPS) is 21.6. The van der Waals surface area contributed by atoms with Crippen LogP contribution in [0.25, 0.3) is 0 Å². The van der Waals surface area contributed by atoms with E-state index in [2.05, 4.69) is 42.2 Å². The Kier molecular flexibility index (Phi) is 4.30. The molecule has 1 atom stereocenters. The van der Waals surface area contributed by atoms with Crippen LogP contribution in [0.3, 0.4) is 0 Å². The summed E-state index contributed by atoms with van der Waals surface area (Å²) in [6, 6.07) is 4.63. The lowest BCUT2D eigenvalue weighted by Gasteiger charge is -2.34. The average molecular weight is 314 g/mol. The summed E-state index contributed by atoms with van der Waals surface area (Å²) in [5.41, 5.74) is 1.19. The summed E-state index contributed by atoms with van der Waals surface area (Å²) < 4.78 is 7.58. The molecule has 0 spiro atoms. The van der Waals surface area contributed by atoms with E-state index in [0.717, 1.165) is 32.1 Å². The van der Waals surface area contributed by atoms with Gasteiger partial charge in [0.05, 0.1) is 25.3 Å². The highest BCUT2D eigenvalue weighted by molar-refractivity contribution is 5.22. The molecule has 7 nitrogen and oxygen atoms in total. The van der Waals surface area contributed by atoms with Crippen molar-refractivity contribution < 1.29 is 4.74 Å². The molecule has 0 unspecified atom stereocenters. The van der Waals surface area contributed by atoms with Gasteiger partial charge in [-0.1, -0.05) is 12.8 Å². The van der Waals surface area contributed by atoms with E-state index in [1.54, 1.807) is 0 Å². The van der Waals surface area contributed by atoms with Gasteiger partial charge in [-0.3, -0.25) is 9.88 Å². The van der Waals surface area contributed by atoms with Gasteiger partial charge in [-0.05, 0) is 41.0 Å². The molecule has 0 radical (unpaired) electrons. The van der Waals surface area contributed by atoms with Crippen molar-refractivity contribution in [2.24, 2.45) is 0 Å². The van der Waals surface area contributed by atoms with E-state index in [4.69, 9.17) is 4.74 Å². The molecular formula is C16H22N6O. The first-order chi connectivity index (χ1) is 11.4. The molecule has 0 N–H and O–H groups in total. The number of morpholine rings is 1. The average Bonchev–Trinajstić information content (AvgIpc) is 3.28. The van der Waals surface area contributed by atoms with Gasteiger partial charge in [-0.25, -0.2) is 4.68 Å². The van der Waals surface area contributed by atoms with Gasteiger partial charge in [0.1, 0.15) is 0 Å². The van der Waals surface area contributed by atoms with Crippen LogP contribution in [0.4, 0.5) is 0 Å². The summed E-state index contributed by atoms with van der Waals surface area (Å²) in [7, 11) is 0. The maximum Gasteiger partial charge on any atom is 0.173 e. The van der Waals surface area contributed by atoms with E-state index < -0.39 is 0 Å². The SMILES string of the molecule is c1cc([C@H](c2nnnn2C2CCCC2)N2CCOCC2)ccn1. The Bertz CT molecular complexity index is 619. The first kappa shape index (κ1) is 14.7. The second-order valence-electron chi connectivity index (χ2n) is 6.25. The number of nitrogens with zero attached hydrogens (tertiary/aromatic N) is 6. The molecule has 2 aromatic heterocycles. The van der Waals surface area contributed by atoms with Crippen LogP contribution in [-0.2, 0) is 4.74 Å². The van der Waals surface area contributed by atoms with E-state index in [9.17, 15) is 0 Å². The summed E-state index contributed by atoms with van der Waals surface area (Å²) in [5.74, 6) is 0.949. The Morgan fingerprint density at radius 2 is 1.83 bits per heavy atom. The molecule has 0 amide bonds. The van der Waals surface area contributed by atoms with Gasteiger partial charge in [0.15, 0.2) is 5.82 Å². The topological polar surface area (TPSA) is 69.0 Å². The van der Waals surface area contributed by atoms with Crippen molar-refractivity contribution in [2.45, 2.75) is 37.8 Å². The quantitative estimate of drug-likeness (QED) is 0.854. The largest absolute Gasteiger partial charge is 0.379 e. The fraction of sp³-hybridized carbons (Fsp3) is 0.625. The van der Waals surface area contributed by atoms with Gasteiger partial charge < -0.3 is 4.74 Å². The zero-order valence-corrected chi connectivity index (χ0v) is 13.2. The number of hydrogen-bond donors (Lipinski definition) is 0. The number of hydrogen-bond acceptors (Lipinski definition) is 6. The summed E-state index contributed by atoms with van der Waals surface area (Å²) in [6.07, 6.45) is 8.55. The number of tetrazole rings is 1. The van der Waals surface area contributed by atoms with Crippen LogP contribution in [0.2, 0.25) is 0 Å². The van der Waals surface area contributed by atoms with E-state index in [1.807, 2.05) is 12.4 Å². The number of pyridine rings is 1. The summed E-state index contributed by atoms with van der Waals surface area (Å²) in [4.78, 5) is 6.57. The Labute approximate surface area is 135 Å². The zero-order valence-electron chi connectivity index (χ0n) is 13.2. The molecule has 0 aromatic carbocycles. The standard InChI is InChI=1S/C16H22N6O/c1-2-4-14(3-1)22-16(18-19-20-22)15(13-5-7-17-8-6-13)21-9-11-23-12-10-21/h5-8,14-15H,1-4,9-12H2/t15-/m1/s1. The predicted molar refractivity (Wildman–Crippen MR) is 83.8 cm³/mol. The summed E-state index contributed by atoms with van der Waals surface area (Å²) in [5, 5.41) is 12.7. The maximum absolute atomic E-state index is 5.52. The third-order valence-corrected chi connectivity index (χ3v) is 4.87. The number of ether oxygens (including phenoxy) is 1. The highest BCUT2D eigenvalue weighted by Crippen LogP contribution is 2.34. The first-order valence-corrected chi connectivity index (χ1v) is 8.43. The third kappa shape index (κ3) is 2.98. The van der Waals surface area contributed by atoms with Crippen LogP contribution in [0.5, 0.6) is 0 Å². The van der Waals surface area contributed by atoms with Crippen molar-refractivity contribution in [3.63, 3.8) is 0 Å². The fourth-order valence-electron chi connectivity index (χ4n) is 3.69. The van der Waals surface area contributed by atoms with Crippen molar-refractivity contribution in [1.82, 2.24) is 30.1 Å². The fourth-order valence-corrected chi connectivity index (χ4v) is 3.69. The van der Waals surface area contributed by atoms with Crippen molar-refractivity contribution >= 4 is 0 Å². The monoisotopic (exact) mass is 314 g/mol. The van der Waals surface area contributed by atoms with E-state index >= 15 is 0 Å². The molecule has 7 heteroatoms. The predicted octanol–water partition coefficient (Wildman–Crippen LogP) is 1.60. The molecule has 1 saturated heterocycles. The molecule has 2 fully saturated rings. The van der Waals surface area contributed by atoms with Crippen molar-refractivity contribution in [2.75, 3.05) is 26.3 Å². The molecule has 1 aliphatic heterocycles. The van der Waals surface area contributed by atoms with Gasteiger partial charge in [-0.15, -0.1) is 5.10 Å². The molecule has 122 valence electrons. The molecule has 2 aliphatic rings. The summed E-state index contributed by atoms with van der Waals surface area (Å²) >= 11 is 0. The molecule has 4 rings (SSSR count). The summed E-state index contributed by atoms with van der Waals surface area (Å²) in [6.45, 7) is 3.30. The van der Waals surface area contributed by atoms with Gasteiger partial charge >= 0.3 is 0 Å².